The van der Waals surface area contributed by atoms with Crippen molar-refractivity contribution < 1.29 is 13.2 Å². The molecule has 0 saturated heterocycles. The number of rotatable bonds is 4. The molecule has 0 atom stereocenters. The largest absolute Gasteiger partial charge is 0.327 e. The zero-order valence-electron chi connectivity index (χ0n) is 6.78. The van der Waals surface area contributed by atoms with E-state index in [1.165, 1.54) is 6.08 Å². The Morgan fingerprint density at radius 2 is 2.00 bits per heavy atom. The molecule has 0 spiro atoms. The van der Waals surface area contributed by atoms with Crippen molar-refractivity contribution in [3.05, 3.63) is 11.6 Å². The first-order valence-electron chi connectivity index (χ1n) is 3.25. The monoisotopic (exact) mass is 192 g/mol. The Labute approximate surface area is 71.5 Å². The van der Waals surface area contributed by atoms with Crippen LogP contribution in [0, 0.1) is 0 Å². The fraction of sp³-hybridized carbons (Fsp3) is 0.500. The second kappa shape index (κ2) is 4.34. The van der Waals surface area contributed by atoms with Gasteiger partial charge in [0.1, 0.15) is 5.75 Å². The number of nitrogens with two attached hydrogens (primary N) is 2. The maximum Gasteiger partial charge on any atom is 0.216 e. The number of ketones is 1. The first-order chi connectivity index (χ1) is 5.35. The topological polar surface area (TPSA) is 103 Å². The molecule has 0 aliphatic carbocycles. The summed E-state index contributed by atoms with van der Waals surface area (Å²) in [4.78, 5) is 10.8. The van der Waals surface area contributed by atoms with Crippen LogP contribution < -0.4 is 10.9 Å². The summed E-state index contributed by atoms with van der Waals surface area (Å²) in [7, 11) is -3.71. The van der Waals surface area contributed by atoms with E-state index in [0.29, 0.717) is 5.57 Å². The first kappa shape index (κ1) is 11.3. The van der Waals surface area contributed by atoms with Crippen molar-refractivity contribution in [1.29, 1.82) is 0 Å². The molecule has 0 amide bonds. The molecule has 0 saturated carbocycles. The molecule has 0 aromatic heterocycles. The van der Waals surface area contributed by atoms with E-state index in [4.69, 9.17) is 5.73 Å². The predicted molar refractivity (Wildman–Crippen MR) is 45.8 cm³/mol. The Hall–Kier alpha value is -0.720. The Kier molecular flexibility index (Phi) is 4.08. The average molecular weight is 192 g/mol. The molecule has 0 radical (unpaired) electrons. The summed E-state index contributed by atoms with van der Waals surface area (Å²) in [6.45, 7) is 1.87. The highest BCUT2D eigenvalue weighted by Crippen LogP contribution is 1.90. The van der Waals surface area contributed by atoms with Gasteiger partial charge in [-0.1, -0.05) is 5.57 Å². The molecule has 0 aromatic rings. The molecular formula is C6H12N2O3S. The van der Waals surface area contributed by atoms with Crippen molar-refractivity contribution in [2.75, 3.05) is 12.3 Å². The fourth-order valence-electron chi connectivity index (χ4n) is 0.574. The molecule has 0 bridgehead atoms. The maximum absolute atomic E-state index is 10.8. The van der Waals surface area contributed by atoms with Gasteiger partial charge in [0.2, 0.25) is 10.0 Å². The minimum absolute atomic E-state index is 0.232. The van der Waals surface area contributed by atoms with E-state index in [9.17, 15) is 13.2 Å². The van der Waals surface area contributed by atoms with Gasteiger partial charge in [0.05, 0.1) is 0 Å². The summed E-state index contributed by atoms with van der Waals surface area (Å²) >= 11 is 0. The molecule has 0 aliphatic heterocycles. The number of carbonyl (C=O) groups is 1. The van der Waals surface area contributed by atoms with Crippen LogP contribution in [0.1, 0.15) is 6.92 Å². The first-order valence-corrected chi connectivity index (χ1v) is 4.97. The van der Waals surface area contributed by atoms with Crippen LogP contribution in [0.3, 0.4) is 0 Å². The zero-order valence-corrected chi connectivity index (χ0v) is 7.60. The lowest BCUT2D eigenvalue weighted by Gasteiger charge is -1.95. The Balaban J connectivity index is 4.27. The second-order valence-corrected chi connectivity index (χ2v) is 4.08. The highest BCUT2D eigenvalue weighted by Gasteiger charge is 2.08. The fourth-order valence-corrected chi connectivity index (χ4v) is 1.05. The van der Waals surface area contributed by atoms with E-state index >= 15 is 0 Å². The second-order valence-electron chi connectivity index (χ2n) is 2.47. The molecule has 0 aromatic carbocycles. The highest BCUT2D eigenvalue weighted by atomic mass is 32.2. The molecule has 0 fully saturated rings. The lowest BCUT2D eigenvalue weighted by molar-refractivity contribution is -0.112. The standard InChI is InChI=1S/C6H12N2O3S/c1-5(3-7)2-6(9)4-12(8,10)11/h2H,3-4,7H2,1H3,(H2,8,10,11). The number of primary sulfonamides is 1. The predicted octanol–water partition coefficient (Wildman–Crippen LogP) is -1.25. The molecule has 4 N–H and O–H groups in total. The Morgan fingerprint density at radius 3 is 2.33 bits per heavy atom. The summed E-state index contributed by atoms with van der Waals surface area (Å²) < 4.78 is 20.8. The third-order valence-electron chi connectivity index (χ3n) is 1.07. The van der Waals surface area contributed by atoms with Crippen LogP contribution in [0.4, 0.5) is 0 Å². The van der Waals surface area contributed by atoms with E-state index in [1.807, 2.05) is 0 Å². The molecule has 0 aliphatic rings. The van der Waals surface area contributed by atoms with Crippen molar-refractivity contribution in [2.24, 2.45) is 10.9 Å². The van der Waals surface area contributed by atoms with Gasteiger partial charge in [-0.15, -0.1) is 0 Å². The molecule has 70 valence electrons. The smallest absolute Gasteiger partial charge is 0.216 e. The van der Waals surface area contributed by atoms with Gasteiger partial charge in [0.15, 0.2) is 5.78 Å². The van der Waals surface area contributed by atoms with E-state index in [1.54, 1.807) is 6.92 Å². The molecular weight excluding hydrogens is 180 g/mol. The number of carbonyl (C=O) groups excluding carboxylic acids is 1. The third-order valence-corrected chi connectivity index (χ3v) is 1.76. The quantitative estimate of drug-likeness (QED) is 0.543. The number of hydrogen-bond acceptors (Lipinski definition) is 4. The van der Waals surface area contributed by atoms with Gasteiger partial charge >= 0.3 is 0 Å². The summed E-state index contributed by atoms with van der Waals surface area (Å²) in [5, 5.41) is 4.64. The van der Waals surface area contributed by atoms with Crippen LogP contribution in [0.25, 0.3) is 0 Å². The molecule has 6 heteroatoms. The van der Waals surface area contributed by atoms with Gasteiger partial charge in [-0.05, 0) is 13.0 Å². The lowest BCUT2D eigenvalue weighted by atomic mass is 10.2. The molecule has 5 nitrogen and oxygen atoms in total. The minimum atomic E-state index is -3.71. The summed E-state index contributed by atoms with van der Waals surface area (Å²) in [5.74, 6) is -1.20. The Bertz CT molecular complexity index is 292. The third kappa shape index (κ3) is 6.02. The summed E-state index contributed by atoms with van der Waals surface area (Å²) in [6.07, 6.45) is 1.18. The van der Waals surface area contributed by atoms with Crippen LogP contribution in [-0.4, -0.2) is 26.5 Å². The van der Waals surface area contributed by atoms with Gasteiger partial charge in [0, 0.05) is 6.54 Å². The lowest BCUT2D eigenvalue weighted by Crippen LogP contribution is -2.22. The Morgan fingerprint density at radius 1 is 1.50 bits per heavy atom. The minimum Gasteiger partial charge on any atom is -0.327 e. The van der Waals surface area contributed by atoms with Crippen LogP contribution in [-0.2, 0) is 14.8 Å². The van der Waals surface area contributed by atoms with Crippen LogP contribution in [0.2, 0.25) is 0 Å². The molecule has 0 rings (SSSR count). The van der Waals surface area contributed by atoms with E-state index in [2.05, 4.69) is 5.14 Å². The number of hydrogen-bond donors (Lipinski definition) is 2. The molecule has 0 heterocycles. The highest BCUT2D eigenvalue weighted by molar-refractivity contribution is 7.89. The summed E-state index contributed by atoms with van der Waals surface area (Å²) in [5.41, 5.74) is 5.81. The van der Waals surface area contributed by atoms with Crippen molar-refractivity contribution in [1.82, 2.24) is 0 Å². The number of allylic oxidation sites excluding steroid dienone is 1. The van der Waals surface area contributed by atoms with E-state index in [0.717, 1.165) is 0 Å². The number of sulfonamides is 1. The molecule has 12 heavy (non-hydrogen) atoms. The van der Waals surface area contributed by atoms with Crippen molar-refractivity contribution in [3.63, 3.8) is 0 Å². The maximum atomic E-state index is 10.8. The van der Waals surface area contributed by atoms with Crippen molar-refractivity contribution >= 4 is 15.8 Å². The van der Waals surface area contributed by atoms with Crippen LogP contribution in [0.15, 0.2) is 11.6 Å². The van der Waals surface area contributed by atoms with Crippen molar-refractivity contribution in [3.8, 4) is 0 Å². The van der Waals surface area contributed by atoms with Gasteiger partial charge in [-0.2, -0.15) is 0 Å². The summed E-state index contributed by atoms with van der Waals surface area (Å²) in [6, 6.07) is 0. The van der Waals surface area contributed by atoms with Gasteiger partial charge in [0.25, 0.3) is 0 Å². The zero-order chi connectivity index (χ0) is 9.78. The molecule has 0 unspecified atom stereocenters. The van der Waals surface area contributed by atoms with E-state index < -0.39 is 21.6 Å². The van der Waals surface area contributed by atoms with Gasteiger partial charge in [-0.25, -0.2) is 13.6 Å². The van der Waals surface area contributed by atoms with Crippen LogP contribution in [0.5, 0.6) is 0 Å². The van der Waals surface area contributed by atoms with Crippen molar-refractivity contribution in [2.45, 2.75) is 6.92 Å². The van der Waals surface area contributed by atoms with Gasteiger partial charge in [-0.3, -0.25) is 4.79 Å². The average Bonchev–Trinajstić information content (AvgIpc) is 1.82. The SMILES string of the molecule is CC(=CC(=O)CS(N)(=O)=O)CN. The van der Waals surface area contributed by atoms with Crippen LogP contribution >= 0.6 is 0 Å². The normalized spacial score (nSPS) is 13.1. The van der Waals surface area contributed by atoms with Gasteiger partial charge < -0.3 is 5.73 Å². The van der Waals surface area contributed by atoms with E-state index in [-0.39, 0.29) is 6.54 Å².